The number of H-pyrrole nitrogens is 1. The van der Waals surface area contributed by atoms with Crippen LogP contribution in [0.25, 0.3) is 0 Å². The van der Waals surface area contributed by atoms with Crippen LogP contribution in [-0.4, -0.2) is 27.2 Å². The minimum atomic E-state index is -0.507. The van der Waals surface area contributed by atoms with E-state index in [0.29, 0.717) is 5.56 Å². The first-order valence-electron chi connectivity index (χ1n) is 6.92. The van der Waals surface area contributed by atoms with Crippen molar-refractivity contribution in [2.75, 3.05) is 0 Å². The molecule has 2 N–H and O–H groups in total. The van der Waals surface area contributed by atoms with Crippen LogP contribution in [0.5, 0.6) is 0 Å². The minimum absolute atomic E-state index is 0.0831. The summed E-state index contributed by atoms with van der Waals surface area (Å²) in [5.74, 6) is -0.494. The van der Waals surface area contributed by atoms with Crippen LogP contribution in [0, 0.1) is 10.1 Å². The average molecular weight is 315 g/mol. The van der Waals surface area contributed by atoms with Crippen LogP contribution < -0.4 is 5.43 Å². The maximum absolute atomic E-state index is 12.0. The normalized spacial score (nSPS) is 11.6. The highest BCUT2D eigenvalue weighted by Gasteiger charge is 2.19. The highest BCUT2D eigenvalue weighted by molar-refractivity contribution is 5.93. The van der Waals surface area contributed by atoms with Gasteiger partial charge in [-0.1, -0.05) is 32.9 Å². The summed E-state index contributed by atoms with van der Waals surface area (Å²) >= 11 is 0. The van der Waals surface area contributed by atoms with Gasteiger partial charge in [0.15, 0.2) is 5.69 Å². The van der Waals surface area contributed by atoms with Gasteiger partial charge in [0.05, 0.1) is 16.7 Å². The molecule has 0 aliphatic rings. The van der Waals surface area contributed by atoms with E-state index in [-0.39, 0.29) is 16.8 Å². The van der Waals surface area contributed by atoms with E-state index in [0.717, 1.165) is 5.69 Å². The summed E-state index contributed by atoms with van der Waals surface area (Å²) in [5.41, 5.74) is 3.40. The van der Waals surface area contributed by atoms with E-state index >= 15 is 0 Å². The summed E-state index contributed by atoms with van der Waals surface area (Å²) < 4.78 is 0. The number of rotatable bonds is 4. The molecular formula is C15H17N5O3. The van der Waals surface area contributed by atoms with Gasteiger partial charge < -0.3 is 0 Å². The number of benzene rings is 1. The molecular weight excluding hydrogens is 298 g/mol. The van der Waals surface area contributed by atoms with Gasteiger partial charge in [0.1, 0.15) is 0 Å². The van der Waals surface area contributed by atoms with Gasteiger partial charge in [-0.2, -0.15) is 10.2 Å². The highest BCUT2D eigenvalue weighted by atomic mass is 16.6. The number of nitro benzene ring substituents is 1. The van der Waals surface area contributed by atoms with Crippen LogP contribution in [0.1, 0.15) is 42.5 Å². The molecule has 8 heteroatoms. The van der Waals surface area contributed by atoms with Crippen LogP contribution in [0.4, 0.5) is 5.69 Å². The van der Waals surface area contributed by atoms with Gasteiger partial charge >= 0.3 is 0 Å². The SMILES string of the molecule is CC(C)(C)c1cc(C(=O)N/N=C\c2ccccc2[N+](=O)[O-])n[nH]1. The Balaban J connectivity index is 2.08. The molecule has 0 spiro atoms. The molecule has 1 heterocycles. The molecule has 0 unspecified atom stereocenters. The van der Waals surface area contributed by atoms with E-state index in [1.54, 1.807) is 24.3 Å². The number of nitrogens with zero attached hydrogens (tertiary/aromatic N) is 3. The summed E-state index contributed by atoms with van der Waals surface area (Å²) in [6.07, 6.45) is 1.23. The molecule has 2 rings (SSSR count). The lowest BCUT2D eigenvalue weighted by atomic mass is 9.92. The zero-order valence-electron chi connectivity index (χ0n) is 13.0. The first-order chi connectivity index (χ1) is 10.8. The fraction of sp³-hybridized carbons (Fsp3) is 0.267. The van der Waals surface area contributed by atoms with Gasteiger partial charge in [-0.25, -0.2) is 5.43 Å². The smallest absolute Gasteiger partial charge is 0.281 e. The van der Waals surface area contributed by atoms with E-state index < -0.39 is 10.8 Å². The fourth-order valence-corrected chi connectivity index (χ4v) is 1.80. The molecule has 0 radical (unpaired) electrons. The number of carbonyl (C=O) groups is 1. The summed E-state index contributed by atoms with van der Waals surface area (Å²) in [7, 11) is 0. The van der Waals surface area contributed by atoms with Crippen molar-refractivity contribution in [3.05, 3.63) is 57.4 Å². The zero-order chi connectivity index (χ0) is 17.0. The van der Waals surface area contributed by atoms with Crippen LogP contribution in [-0.2, 0) is 5.41 Å². The quantitative estimate of drug-likeness (QED) is 0.512. The van der Waals surface area contributed by atoms with Gasteiger partial charge in [-0.3, -0.25) is 20.0 Å². The Morgan fingerprint density at radius 3 is 2.70 bits per heavy atom. The second-order valence-corrected chi connectivity index (χ2v) is 5.93. The second kappa shape index (κ2) is 6.39. The predicted molar refractivity (Wildman–Crippen MR) is 85.4 cm³/mol. The maximum atomic E-state index is 12.0. The van der Waals surface area contributed by atoms with Crippen molar-refractivity contribution in [1.29, 1.82) is 0 Å². The summed E-state index contributed by atoms with van der Waals surface area (Å²) in [5, 5.41) is 21.4. The summed E-state index contributed by atoms with van der Waals surface area (Å²) in [6, 6.07) is 7.77. The van der Waals surface area contributed by atoms with Gasteiger partial charge in [0, 0.05) is 17.2 Å². The first kappa shape index (κ1) is 16.3. The predicted octanol–water partition coefficient (Wildman–Crippen LogP) is 2.38. The lowest BCUT2D eigenvalue weighted by Crippen LogP contribution is -2.18. The third-order valence-corrected chi connectivity index (χ3v) is 3.12. The monoisotopic (exact) mass is 315 g/mol. The Labute approximate surface area is 132 Å². The molecule has 0 saturated heterocycles. The van der Waals surface area contributed by atoms with Gasteiger partial charge in [-0.15, -0.1) is 0 Å². The molecule has 23 heavy (non-hydrogen) atoms. The van der Waals surface area contributed by atoms with E-state index in [1.807, 2.05) is 20.8 Å². The van der Waals surface area contributed by atoms with Crippen LogP contribution in [0.3, 0.4) is 0 Å². The van der Waals surface area contributed by atoms with Gasteiger partial charge in [0.2, 0.25) is 0 Å². The molecule has 0 aliphatic heterocycles. The Hall–Kier alpha value is -3.03. The Kier molecular flexibility index (Phi) is 4.54. The Morgan fingerprint density at radius 2 is 2.09 bits per heavy atom. The number of para-hydroxylation sites is 1. The number of carbonyl (C=O) groups excluding carboxylic acids is 1. The first-order valence-corrected chi connectivity index (χ1v) is 6.92. The van der Waals surface area contributed by atoms with Crippen molar-refractivity contribution in [2.24, 2.45) is 5.10 Å². The molecule has 1 aromatic carbocycles. The van der Waals surface area contributed by atoms with Crippen molar-refractivity contribution in [2.45, 2.75) is 26.2 Å². The number of hydrogen-bond donors (Lipinski definition) is 2. The van der Waals surface area contributed by atoms with Crippen LogP contribution in [0.2, 0.25) is 0 Å². The molecule has 2 aromatic rings. The fourth-order valence-electron chi connectivity index (χ4n) is 1.80. The standard InChI is InChI=1S/C15H17N5O3/c1-15(2,3)13-8-11(17-18-13)14(21)19-16-9-10-6-4-5-7-12(10)20(22)23/h4-9H,1-3H3,(H,17,18)(H,19,21)/b16-9-. The molecule has 0 atom stereocenters. The second-order valence-electron chi connectivity index (χ2n) is 5.93. The highest BCUT2D eigenvalue weighted by Crippen LogP contribution is 2.20. The lowest BCUT2D eigenvalue weighted by Gasteiger charge is -2.14. The number of hydrazone groups is 1. The minimum Gasteiger partial charge on any atom is -0.281 e. The molecule has 120 valence electrons. The van der Waals surface area contributed by atoms with Crippen molar-refractivity contribution >= 4 is 17.8 Å². The van der Waals surface area contributed by atoms with Crippen LogP contribution in [0.15, 0.2) is 35.4 Å². The molecule has 0 aliphatic carbocycles. The number of amides is 1. The zero-order valence-corrected chi connectivity index (χ0v) is 13.0. The third-order valence-electron chi connectivity index (χ3n) is 3.12. The van der Waals surface area contributed by atoms with E-state index in [2.05, 4.69) is 20.7 Å². The average Bonchev–Trinajstić information content (AvgIpc) is 2.97. The molecule has 1 amide bonds. The van der Waals surface area contributed by atoms with Crippen molar-refractivity contribution < 1.29 is 9.72 Å². The molecule has 0 fully saturated rings. The molecule has 0 bridgehead atoms. The number of nitro groups is 1. The topological polar surface area (TPSA) is 113 Å². The number of aromatic nitrogens is 2. The van der Waals surface area contributed by atoms with Gasteiger partial charge in [0.25, 0.3) is 11.6 Å². The van der Waals surface area contributed by atoms with E-state index in [9.17, 15) is 14.9 Å². The Bertz CT molecular complexity index is 758. The lowest BCUT2D eigenvalue weighted by molar-refractivity contribution is -0.385. The largest absolute Gasteiger partial charge is 0.291 e. The maximum Gasteiger partial charge on any atom is 0.291 e. The third kappa shape index (κ3) is 4.00. The van der Waals surface area contributed by atoms with Crippen molar-refractivity contribution in [3.8, 4) is 0 Å². The van der Waals surface area contributed by atoms with Crippen LogP contribution >= 0.6 is 0 Å². The van der Waals surface area contributed by atoms with Crippen molar-refractivity contribution in [1.82, 2.24) is 15.6 Å². The number of nitrogens with one attached hydrogen (secondary N) is 2. The molecule has 1 aromatic heterocycles. The van der Waals surface area contributed by atoms with E-state index in [4.69, 9.17) is 0 Å². The number of aromatic amines is 1. The molecule has 0 saturated carbocycles. The number of hydrogen-bond acceptors (Lipinski definition) is 5. The Morgan fingerprint density at radius 1 is 1.39 bits per heavy atom. The van der Waals surface area contributed by atoms with E-state index in [1.165, 1.54) is 12.3 Å². The van der Waals surface area contributed by atoms with Crippen molar-refractivity contribution in [3.63, 3.8) is 0 Å². The van der Waals surface area contributed by atoms with Gasteiger partial charge in [-0.05, 0) is 12.1 Å². The summed E-state index contributed by atoms with van der Waals surface area (Å²) in [4.78, 5) is 22.3. The summed E-state index contributed by atoms with van der Waals surface area (Å²) in [6.45, 7) is 5.98. The molecule has 8 nitrogen and oxygen atoms in total.